The summed E-state index contributed by atoms with van der Waals surface area (Å²) in [6.45, 7) is 6.79. The molecule has 0 aliphatic heterocycles. The van der Waals surface area contributed by atoms with Crippen LogP contribution in [0.4, 0.5) is 0 Å². The van der Waals surface area contributed by atoms with Gasteiger partial charge in [-0.2, -0.15) is 0 Å². The third-order valence-electron chi connectivity index (χ3n) is 11.6. The maximum absolute atomic E-state index is 11.3. The summed E-state index contributed by atoms with van der Waals surface area (Å²) in [6, 6.07) is 0. The van der Waals surface area contributed by atoms with Crippen LogP contribution in [0.1, 0.15) is 258 Å². The number of allylic oxidation sites excluding steroid dienone is 12. The fraction of sp³-hybridized carbons (Fsp3) is 0.782. The molecule has 0 bridgehead atoms. The standard InChI is InChI=1S/C55H100O2/c1-4-7-10-13-16-19-22-25-28-31-34-37-40-43-46-49-52-55(57)53(50-47-44-41-38-35-32-29-26-23-20-17-14-11-8-5-2)54(56)51-48-45-42-39-36-33-30-27-24-21-18-15-12-9-6-3/h16-21,25-30,53-57H,4-15,22-24,31-52H2,1-3H3/b19-16-,20-17-,21-18-,28-25-,29-26-,30-27-. The van der Waals surface area contributed by atoms with E-state index in [-0.39, 0.29) is 18.1 Å². The molecule has 2 heteroatoms. The summed E-state index contributed by atoms with van der Waals surface area (Å²) in [5.41, 5.74) is 0. The summed E-state index contributed by atoms with van der Waals surface area (Å²) in [5, 5.41) is 22.7. The molecule has 0 saturated carbocycles. The predicted molar refractivity (Wildman–Crippen MR) is 258 cm³/mol. The van der Waals surface area contributed by atoms with Crippen LogP contribution < -0.4 is 0 Å². The summed E-state index contributed by atoms with van der Waals surface area (Å²) in [5.74, 6) is 0.0340. The molecule has 0 radical (unpaired) electrons. The van der Waals surface area contributed by atoms with Gasteiger partial charge in [0.2, 0.25) is 0 Å². The number of unbranched alkanes of at least 4 members (excludes halogenated alkanes) is 25. The Hall–Kier alpha value is -1.64. The molecular weight excluding hydrogens is 693 g/mol. The minimum atomic E-state index is -0.367. The van der Waals surface area contributed by atoms with Crippen molar-refractivity contribution in [2.45, 2.75) is 271 Å². The van der Waals surface area contributed by atoms with Crippen molar-refractivity contribution >= 4 is 0 Å². The monoisotopic (exact) mass is 793 g/mol. The fourth-order valence-electron chi connectivity index (χ4n) is 7.77. The first kappa shape index (κ1) is 55.4. The fourth-order valence-corrected chi connectivity index (χ4v) is 7.77. The van der Waals surface area contributed by atoms with E-state index in [1.807, 2.05) is 0 Å². The second kappa shape index (κ2) is 48.7. The van der Waals surface area contributed by atoms with Crippen molar-refractivity contribution in [3.8, 4) is 0 Å². The van der Waals surface area contributed by atoms with Gasteiger partial charge in [0.1, 0.15) is 0 Å². The highest BCUT2D eigenvalue weighted by Crippen LogP contribution is 2.26. The van der Waals surface area contributed by atoms with Crippen molar-refractivity contribution in [2.75, 3.05) is 0 Å². The van der Waals surface area contributed by atoms with E-state index in [0.717, 1.165) is 57.8 Å². The first-order chi connectivity index (χ1) is 28.2. The molecule has 2 nitrogen and oxygen atoms in total. The Morgan fingerprint density at radius 2 is 0.491 bits per heavy atom. The summed E-state index contributed by atoms with van der Waals surface area (Å²) in [4.78, 5) is 0. The van der Waals surface area contributed by atoms with E-state index in [2.05, 4.69) is 93.7 Å². The Kier molecular flexibility index (Phi) is 47.3. The molecule has 0 aromatic heterocycles. The zero-order valence-corrected chi connectivity index (χ0v) is 38.7. The summed E-state index contributed by atoms with van der Waals surface area (Å²) in [6.07, 6.45) is 72.0. The van der Waals surface area contributed by atoms with E-state index in [9.17, 15) is 10.2 Å². The molecule has 0 amide bonds. The average Bonchev–Trinajstić information content (AvgIpc) is 3.21. The summed E-state index contributed by atoms with van der Waals surface area (Å²) in [7, 11) is 0. The van der Waals surface area contributed by atoms with Gasteiger partial charge in [-0.1, -0.05) is 216 Å². The summed E-state index contributed by atoms with van der Waals surface area (Å²) < 4.78 is 0. The second-order valence-electron chi connectivity index (χ2n) is 17.2. The Balaban J connectivity index is 4.39. The molecule has 0 heterocycles. The second-order valence-corrected chi connectivity index (χ2v) is 17.2. The third kappa shape index (κ3) is 43.8. The van der Waals surface area contributed by atoms with Gasteiger partial charge in [-0.25, -0.2) is 0 Å². The van der Waals surface area contributed by atoms with Gasteiger partial charge in [-0.3, -0.25) is 0 Å². The molecule has 0 rings (SSSR count). The van der Waals surface area contributed by atoms with E-state index < -0.39 is 0 Å². The number of rotatable bonds is 45. The largest absolute Gasteiger partial charge is 0.393 e. The van der Waals surface area contributed by atoms with Gasteiger partial charge in [-0.15, -0.1) is 0 Å². The number of aliphatic hydroxyl groups excluding tert-OH is 2. The van der Waals surface area contributed by atoms with Crippen molar-refractivity contribution in [1.29, 1.82) is 0 Å². The van der Waals surface area contributed by atoms with Crippen molar-refractivity contribution < 1.29 is 10.2 Å². The normalized spacial score (nSPS) is 14.3. The quantitative estimate of drug-likeness (QED) is 0.0476. The zero-order valence-electron chi connectivity index (χ0n) is 38.7. The van der Waals surface area contributed by atoms with Crippen LogP contribution in [0.25, 0.3) is 0 Å². The lowest BCUT2D eigenvalue weighted by molar-refractivity contribution is -0.00326. The Morgan fingerprint density at radius 1 is 0.263 bits per heavy atom. The smallest absolute Gasteiger partial charge is 0.0593 e. The molecule has 3 atom stereocenters. The number of aliphatic hydroxyl groups is 2. The van der Waals surface area contributed by atoms with Gasteiger partial charge in [0, 0.05) is 5.92 Å². The SMILES string of the molecule is CCCCC/C=C\C/C=C\CCCCCCCCC(O)C(CCCCCCC/C=C\C/C=C\CCCCC)C(O)CCCCCCC/C=C\C/C=C\CCCCC. The Labute approximate surface area is 358 Å². The van der Waals surface area contributed by atoms with Crippen molar-refractivity contribution in [3.63, 3.8) is 0 Å². The van der Waals surface area contributed by atoms with E-state index in [1.54, 1.807) is 0 Å². The molecule has 0 saturated heterocycles. The van der Waals surface area contributed by atoms with Crippen LogP contribution in [0, 0.1) is 5.92 Å². The molecule has 2 N–H and O–H groups in total. The Bertz CT molecular complexity index is 938. The molecule has 3 unspecified atom stereocenters. The molecule has 332 valence electrons. The van der Waals surface area contributed by atoms with Crippen molar-refractivity contribution in [2.24, 2.45) is 5.92 Å². The number of hydrogen-bond donors (Lipinski definition) is 2. The van der Waals surface area contributed by atoms with Crippen LogP contribution in [0.15, 0.2) is 72.9 Å². The number of hydrogen-bond acceptors (Lipinski definition) is 2. The lowest BCUT2D eigenvalue weighted by Crippen LogP contribution is -2.32. The first-order valence-corrected chi connectivity index (χ1v) is 25.4. The topological polar surface area (TPSA) is 40.5 Å². The lowest BCUT2D eigenvalue weighted by atomic mass is 9.85. The van der Waals surface area contributed by atoms with Gasteiger partial charge in [0.25, 0.3) is 0 Å². The molecule has 0 aromatic rings. The van der Waals surface area contributed by atoms with E-state index in [1.165, 1.54) is 180 Å². The van der Waals surface area contributed by atoms with Crippen molar-refractivity contribution in [3.05, 3.63) is 72.9 Å². The van der Waals surface area contributed by atoms with E-state index >= 15 is 0 Å². The van der Waals surface area contributed by atoms with Gasteiger partial charge in [0.15, 0.2) is 0 Å². The van der Waals surface area contributed by atoms with Crippen LogP contribution >= 0.6 is 0 Å². The first-order valence-electron chi connectivity index (χ1n) is 25.4. The van der Waals surface area contributed by atoms with Crippen LogP contribution in [-0.4, -0.2) is 22.4 Å². The molecule has 57 heavy (non-hydrogen) atoms. The molecule has 0 fully saturated rings. The summed E-state index contributed by atoms with van der Waals surface area (Å²) >= 11 is 0. The van der Waals surface area contributed by atoms with Gasteiger partial charge in [-0.05, 0) is 116 Å². The molecular formula is C55H100O2. The van der Waals surface area contributed by atoms with E-state index in [4.69, 9.17) is 0 Å². The molecule has 0 spiro atoms. The molecule has 0 aromatic carbocycles. The lowest BCUT2D eigenvalue weighted by Gasteiger charge is -2.28. The highest BCUT2D eigenvalue weighted by Gasteiger charge is 2.26. The van der Waals surface area contributed by atoms with Crippen LogP contribution in [0.3, 0.4) is 0 Å². The maximum atomic E-state index is 11.3. The highest BCUT2D eigenvalue weighted by molar-refractivity contribution is 4.94. The average molecular weight is 793 g/mol. The minimum absolute atomic E-state index is 0.0340. The molecule has 0 aliphatic rings. The van der Waals surface area contributed by atoms with Crippen LogP contribution in [0.2, 0.25) is 0 Å². The predicted octanol–water partition coefficient (Wildman–Crippen LogP) is 18.2. The van der Waals surface area contributed by atoms with Gasteiger partial charge in [0.05, 0.1) is 12.2 Å². The van der Waals surface area contributed by atoms with Crippen LogP contribution in [0.5, 0.6) is 0 Å². The van der Waals surface area contributed by atoms with Gasteiger partial charge < -0.3 is 10.2 Å². The van der Waals surface area contributed by atoms with Crippen molar-refractivity contribution in [1.82, 2.24) is 0 Å². The highest BCUT2D eigenvalue weighted by atomic mass is 16.3. The van der Waals surface area contributed by atoms with Crippen LogP contribution in [-0.2, 0) is 0 Å². The Morgan fingerprint density at radius 3 is 0.772 bits per heavy atom. The third-order valence-corrected chi connectivity index (χ3v) is 11.6. The zero-order chi connectivity index (χ0) is 41.4. The minimum Gasteiger partial charge on any atom is -0.393 e. The van der Waals surface area contributed by atoms with E-state index in [0.29, 0.717) is 0 Å². The maximum Gasteiger partial charge on any atom is 0.0593 e. The van der Waals surface area contributed by atoms with Gasteiger partial charge >= 0.3 is 0 Å². The molecule has 0 aliphatic carbocycles.